The lowest BCUT2D eigenvalue weighted by molar-refractivity contribution is 0.563. The Morgan fingerprint density at radius 2 is 0.548 bits per heavy atom. The van der Waals surface area contributed by atoms with Crippen molar-refractivity contribution in [3.8, 4) is 0 Å². The molecule has 42 heavy (non-hydrogen) atoms. The van der Waals surface area contributed by atoms with E-state index in [0.29, 0.717) is 0 Å². The number of nitrogens with one attached hydrogen (secondary N) is 9. The summed E-state index contributed by atoms with van der Waals surface area (Å²) in [6.45, 7) is 15.9. The Labute approximate surface area is 259 Å². The van der Waals surface area contributed by atoms with E-state index >= 15 is 0 Å². The molecule has 0 amide bonds. The van der Waals surface area contributed by atoms with Gasteiger partial charge >= 0.3 is 0 Å². The summed E-state index contributed by atoms with van der Waals surface area (Å²) in [5, 5.41) is 31.3. The fraction of sp³-hybridized carbons (Fsp3) is 0.818. The molecule has 0 saturated carbocycles. The van der Waals surface area contributed by atoms with Crippen LogP contribution in [-0.2, 0) is 19.6 Å². The van der Waals surface area contributed by atoms with Gasteiger partial charge in [0.1, 0.15) is 0 Å². The van der Waals surface area contributed by atoms with E-state index in [1.54, 1.807) is 0 Å². The van der Waals surface area contributed by atoms with Gasteiger partial charge in [-0.05, 0) is 174 Å². The Balaban J connectivity index is 2.35. The van der Waals surface area contributed by atoms with Crippen LogP contribution in [0.2, 0.25) is 0 Å². The zero-order valence-electron chi connectivity index (χ0n) is 27.7. The zero-order chi connectivity index (χ0) is 30.2. The number of hydrogen-bond donors (Lipinski definition) is 9. The Morgan fingerprint density at radius 1 is 0.310 bits per heavy atom. The first kappa shape index (κ1) is 38.9. The van der Waals surface area contributed by atoms with Gasteiger partial charge in [-0.15, -0.1) is 0 Å². The molecular formula is C33H69N9. The van der Waals surface area contributed by atoms with E-state index in [-0.39, 0.29) is 0 Å². The highest BCUT2D eigenvalue weighted by atomic mass is 14.9. The molecule has 0 aliphatic rings. The van der Waals surface area contributed by atoms with Crippen molar-refractivity contribution in [2.24, 2.45) is 0 Å². The second-order valence-electron chi connectivity index (χ2n) is 11.4. The molecule has 9 nitrogen and oxygen atoms in total. The van der Waals surface area contributed by atoms with Crippen molar-refractivity contribution in [2.45, 2.75) is 77.4 Å². The topological polar surface area (TPSA) is 108 Å². The maximum atomic E-state index is 3.68. The van der Waals surface area contributed by atoms with Gasteiger partial charge in [0.2, 0.25) is 0 Å². The smallest absolute Gasteiger partial charge is 0.0205 e. The van der Waals surface area contributed by atoms with Crippen LogP contribution in [-0.4, -0.2) is 99.7 Å². The molecule has 0 aromatic heterocycles. The summed E-state index contributed by atoms with van der Waals surface area (Å²) >= 11 is 0. The average Bonchev–Trinajstić information content (AvgIpc) is 3.00. The Bertz CT molecular complexity index is 587. The molecule has 246 valence electrons. The molecule has 0 aliphatic carbocycles. The summed E-state index contributed by atoms with van der Waals surface area (Å²) in [7, 11) is 6.04. The lowest BCUT2D eigenvalue weighted by atomic mass is 10.0. The number of benzene rings is 1. The first-order valence-electron chi connectivity index (χ1n) is 17.1. The fourth-order valence-electron chi connectivity index (χ4n) is 4.89. The third-order valence-electron chi connectivity index (χ3n) is 7.31. The molecule has 0 aliphatic heterocycles. The predicted octanol–water partition coefficient (Wildman–Crippen LogP) is 1.89. The van der Waals surface area contributed by atoms with Crippen molar-refractivity contribution in [3.05, 3.63) is 34.9 Å². The molecule has 0 unspecified atom stereocenters. The van der Waals surface area contributed by atoms with Crippen LogP contribution in [0, 0.1) is 0 Å². The van der Waals surface area contributed by atoms with Gasteiger partial charge in [0, 0.05) is 19.6 Å². The average molecular weight is 592 g/mol. The van der Waals surface area contributed by atoms with E-state index in [9.17, 15) is 0 Å². The van der Waals surface area contributed by atoms with Crippen molar-refractivity contribution in [1.82, 2.24) is 47.9 Å². The van der Waals surface area contributed by atoms with Gasteiger partial charge in [-0.1, -0.05) is 18.2 Å². The Kier molecular flexibility index (Phi) is 29.0. The van der Waals surface area contributed by atoms with Crippen molar-refractivity contribution in [1.29, 1.82) is 0 Å². The monoisotopic (exact) mass is 592 g/mol. The van der Waals surface area contributed by atoms with Gasteiger partial charge in [-0.25, -0.2) is 0 Å². The Morgan fingerprint density at radius 3 is 0.810 bits per heavy atom. The van der Waals surface area contributed by atoms with E-state index in [2.05, 4.69) is 66.1 Å². The molecule has 0 bridgehead atoms. The summed E-state index contributed by atoms with van der Waals surface area (Å²) in [4.78, 5) is 0. The molecule has 0 heterocycles. The summed E-state index contributed by atoms with van der Waals surface area (Å²) in [6, 6.07) is 7.15. The number of rotatable bonds is 33. The minimum Gasteiger partial charge on any atom is -0.320 e. The van der Waals surface area contributed by atoms with Crippen molar-refractivity contribution < 1.29 is 0 Å². The largest absolute Gasteiger partial charge is 0.320 e. The molecule has 0 spiro atoms. The fourth-order valence-corrected chi connectivity index (χ4v) is 4.89. The lowest BCUT2D eigenvalue weighted by Crippen LogP contribution is -2.23. The van der Waals surface area contributed by atoms with Crippen LogP contribution < -0.4 is 47.9 Å². The van der Waals surface area contributed by atoms with E-state index in [0.717, 1.165) is 98.2 Å². The first-order chi connectivity index (χ1) is 20.8. The SMILES string of the molecule is CNCCCNCCCCNCc1cc(CNCCCCNCCCNC)cc(CNCCCCNCCCNC)c1. The molecule has 1 aromatic carbocycles. The lowest BCUT2D eigenvalue weighted by Gasteiger charge is -2.13. The van der Waals surface area contributed by atoms with Crippen LogP contribution in [0.1, 0.15) is 74.5 Å². The third-order valence-corrected chi connectivity index (χ3v) is 7.31. The van der Waals surface area contributed by atoms with Gasteiger partial charge in [0.15, 0.2) is 0 Å². The van der Waals surface area contributed by atoms with Crippen molar-refractivity contribution >= 4 is 0 Å². The van der Waals surface area contributed by atoms with Crippen molar-refractivity contribution in [3.63, 3.8) is 0 Å². The molecule has 0 saturated heterocycles. The highest BCUT2D eigenvalue weighted by Gasteiger charge is 2.03. The maximum absolute atomic E-state index is 3.68. The molecule has 9 N–H and O–H groups in total. The van der Waals surface area contributed by atoms with E-state index in [4.69, 9.17) is 0 Å². The standard InChI is InChI=1S/C33H69N9/c1-34-13-10-22-37-16-4-7-19-40-28-31-25-32(29-41-20-8-5-17-38-23-11-14-35-2)27-33(26-31)30-42-21-9-6-18-39-24-12-15-36-3/h25-27,34-42H,4-24,28-30H2,1-3H3. The van der Waals surface area contributed by atoms with Crippen LogP contribution in [0.5, 0.6) is 0 Å². The quantitative estimate of drug-likeness (QED) is 0.0567. The minimum atomic E-state index is 0.939. The summed E-state index contributed by atoms with van der Waals surface area (Å²) in [5.74, 6) is 0. The first-order valence-corrected chi connectivity index (χ1v) is 17.1. The van der Waals surface area contributed by atoms with Crippen LogP contribution in [0.25, 0.3) is 0 Å². The Hall–Kier alpha value is -1.14. The molecule has 0 fully saturated rings. The summed E-state index contributed by atoms with van der Waals surface area (Å²) in [5.41, 5.74) is 4.19. The highest BCUT2D eigenvalue weighted by molar-refractivity contribution is 5.30. The van der Waals surface area contributed by atoms with Gasteiger partial charge < -0.3 is 47.9 Å². The van der Waals surface area contributed by atoms with Gasteiger partial charge in [0.05, 0.1) is 0 Å². The van der Waals surface area contributed by atoms with Crippen LogP contribution in [0.3, 0.4) is 0 Å². The molecule has 0 radical (unpaired) electrons. The summed E-state index contributed by atoms with van der Waals surface area (Å²) in [6.07, 6.45) is 10.9. The van der Waals surface area contributed by atoms with Crippen LogP contribution >= 0.6 is 0 Å². The summed E-state index contributed by atoms with van der Waals surface area (Å²) < 4.78 is 0. The predicted molar refractivity (Wildman–Crippen MR) is 184 cm³/mol. The van der Waals surface area contributed by atoms with Gasteiger partial charge in [0.25, 0.3) is 0 Å². The van der Waals surface area contributed by atoms with Crippen LogP contribution in [0.15, 0.2) is 18.2 Å². The minimum absolute atomic E-state index is 0.939. The molecular weight excluding hydrogens is 522 g/mol. The number of hydrogen-bond acceptors (Lipinski definition) is 9. The number of unbranched alkanes of at least 4 members (excludes halogenated alkanes) is 3. The zero-order valence-corrected chi connectivity index (χ0v) is 27.7. The molecule has 1 aromatic rings. The van der Waals surface area contributed by atoms with E-state index < -0.39 is 0 Å². The molecule has 9 heteroatoms. The van der Waals surface area contributed by atoms with Crippen LogP contribution in [0.4, 0.5) is 0 Å². The van der Waals surface area contributed by atoms with E-state index in [1.165, 1.54) is 74.5 Å². The molecule has 0 atom stereocenters. The van der Waals surface area contributed by atoms with Gasteiger partial charge in [-0.2, -0.15) is 0 Å². The second-order valence-corrected chi connectivity index (χ2v) is 11.4. The second kappa shape index (κ2) is 31.3. The maximum Gasteiger partial charge on any atom is 0.0205 e. The van der Waals surface area contributed by atoms with Crippen molar-refractivity contribution in [2.75, 3.05) is 99.7 Å². The molecule has 1 rings (SSSR count). The normalized spacial score (nSPS) is 11.5. The highest BCUT2D eigenvalue weighted by Crippen LogP contribution is 2.11. The third kappa shape index (κ3) is 25.4. The van der Waals surface area contributed by atoms with Gasteiger partial charge in [-0.3, -0.25) is 0 Å². The van der Waals surface area contributed by atoms with E-state index in [1.807, 2.05) is 21.1 Å².